The molecule has 0 aromatic carbocycles. The number of carboxylic acids is 1. The van der Waals surface area contributed by atoms with Gasteiger partial charge >= 0.3 is 12.0 Å². The lowest BCUT2D eigenvalue weighted by Crippen LogP contribution is -2.50. The summed E-state index contributed by atoms with van der Waals surface area (Å²) in [5.74, 6) is -0.688. The maximum atomic E-state index is 12.0. The Morgan fingerprint density at radius 2 is 1.86 bits per heavy atom. The molecule has 6 nitrogen and oxygen atoms in total. The molecule has 0 saturated heterocycles. The molecule has 0 bridgehead atoms. The molecule has 1 aliphatic rings. The molecule has 3 N–H and O–H groups in total. The van der Waals surface area contributed by atoms with E-state index in [0.29, 0.717) is 32.0 Å². The summed E-state index contributed by atoms with van der Waals surface area (Å²) in [6.07, 6.45) is 2.71. The van der Waals surface area contributed by atoms with Gasteiger partial charge in [-0.25, -0.2) is 4.79 Å². The van der Waals surface area contributed by atoms with Gasteiger partial charge in [-0.3, -0.25) is 4.79 Å². The molecule has 1 atom stereocenters. The van der Waals surface area contributed by atoms with E-state index in [0.717, 1.165) is 12.8 Å². The van der Waals surface area contributed by atoms with E-state index in [4.69, 9.17) is 9.84 Å². The van der Waals surface area contributed by atoms with E-state index in [1.54, 1.807) is 0 Å². The highest BCUT2D eigenvalue weighted by molar-refractivity contribution is 5.74. The van der Waals surface area contributed by atoms with Crippen LogP contribution < -0.4 is 10.6 Å². The van der Waals surface area contributed by atoms with Crippen molar-refractivity contribution in [2.75, 3.05) is 13.2 Å². The number of carboxylic acid groups (broad SMARTS) is 1. The normalized spacial score (nSPS) is 23.6. The number of nitrogens with one attached hydrogen (secondary N) is 2. The summed E-state index contributed by atoms with van der Waals surface area (Å²) < 4.78 is 5.38. The zero-order chi connectivity index (χ0) is 15.8. The third kappa shape index (κ3) is 6.33. The fourth-order valence-electron chi connectivity index (χ4n) is 2.53. The van der Waals surface area contributed by atoms with E-state index in [2.05, 4.69) is 10.6 Å². The van der Waals surface area contributed by atoms with Crippen LogP contribution in [0.1, 0.15) is 46.5 Å². The molecule has 122 valence electrons. The average molecular weight is 300 g/mol. The summed E-state index contributed by atoms with van der Waals surface area (Å²) in [6.45, 7) is 7.15. The first kappa shape index (κ1) is 17.8. The number of carbonyl (C=O) groups is 2. The van der Waals surface area contributed by atoms with E-state index < -0.39 is 5.97 Å². The van der Waals surface area contributed by atoms with Crippen LogP contribution in [0.2, 0.25) is 0 Å². The summed E-state index contributed by atoms with van der Waals surface area (Å²) in [5, 5.41) is 14.8. The molecular weight excluding hydrogens is 272 g/mol. The average Bonchev–Trinajstić information content (AvgIpc) is 2.43. The quantitative estimate of drug-likeness (QED) is 0.671. The van der Waals surface area contributed by atoms with E-state index >= 15 is 0 Å². The van der Waals surface area contributed by atoms with E-state index in [1.165, 1.54) is 0 Å². The van der Waals surface area contributed by atoms with E-state index in [9.17, 15) is 9.59 Å². The van der Waals surface area contributed by atoms with Gasteiger partial charge in [-0.2, -0.15) is 0 Å². The van der Waals surface area contributed by atoms with E-state index in [-0.39, 0.29) is 24.0 Å². The fourth-order valence-corrected chi connectivity index (χ4v) is 2.53. The van der Waals surface area contributed by atoms with Gasteiger partial charge in [0, 0.05) is 12.6 Å². The molecular formula is C15H28N2O4. The molecule has 1 aliphatic carbocycles. The van der Waals surface area contributed by atoms with Crippen molar-refractivity contribution >= 4 is 12.0 Å². The van der Waals surface area contributed by atoms with Crippen molar-refractivity contribution < 1.29 is 19.4 Å². The summed E-state index contributed by atoms with van der Waals surface area (Å²) in [7, 11) is 0. The number of ether oxygens (including phenoxy) is 1. The molecule has 1 fully saturated rings. The Morgan fingerprint density at radius 3 is 2.33 bits per heavy atom. The highest BCUT2D eigenvalue weighted by atomic mass is 16.5. The van der Waals surface area contributed by atoms with Gasteiger partial charge in [0.05, 0.1) is 18.6 Å². The highest BCUT2D eigenvalue weighted by Crippen LogP contribution is 2.24. The smallest absolute Gasteiger partial charge is 0.315 e. The Kier molecular flexibility index (Phi) is 7.50. The lowest BCUT2D eigenvalue weighted by molar-refractivity contribution is -0.142. The summed E-state index contributed by atoms with van der Waals surface area (Å²) >= 11 is 0. The van der Waals surface area contributed by atoms with Crippen LogP contribution in [0.15, 0.2) is 0 Å². The molecule has 21 heavy (non-hydrogen) atoms. The number of hydrogen-bond acceptors (Lipinski definition) is 3. The summed E-state index contributed by atoms with van der Waals surface area (Å²) in [5.41, 5.74) is 0. The predicted octanol–water partition coefficient (Wildman–Crippen LogP) is 1.99. The third-order valence-corrected chi connectivity index (χ3v) is 4.03. The predicted molar refractivity (Wildman–Crippen MR) is 80.2 cm³/mol. The van der Waals surface area contributed by atoms with Gasteiger partial charge in [-0.1, -0.05) is 13.8 Å². The minimum Gasteiger partial charge on any atom is -0.481 e. The van der Waals surface area contributed by atoms with Crippen molar-refractivity contribution in [3.63, 3.8) is 0 Å². The lowest BCUT2D eigenvalue weighted by atomic mass is 9.86. The van der Waals surface area contributed by atoms with Crippen molar-refractivity contribution in [2.24, 2.45) is 11.8 Å². The number of carbonyl (C=O) groups excluding carboxylic acids is 1. The molecule has 0 spiro atoms. The van der Waals surface area contributed by atoms with Crippen molar-refractivity contribution in [1.29, 1.82) is 0 Å². The van der Waals surface area contributed by atoms with Crippen LogP contribution >= 0.6 is 0 Å². The maximum Gasteiger partial charge on any atom is 0.315 e. The third-order valence-electron chi connectivity index (χ3n) is 4.03. The van der Waals surface area contributed by atoms with Gasteiger partial charge in [0.2, 0.25) is 0 Å². The Hall–Kier alpha value is -1.30. The van der Waals surface area contributed by atoms with Crippen molar-refractivity contribution in [3.05, 3.63) is 0 Å². The molecule has 1 saturated carbocycles. The number of urea groups is 1. The largest absolute Gasteiger partial charge is 0.481 e. The van der Waals surface area contributed by atoms with Crippen LogP contribution in [0.4, 0.5) is 4.79 Å². The summed E-state index contributed by atoms with van der Waals surface area (Å²) in [6, 6.07) is -0.131. The van der Waals surface area contributed by atoms with Crippen LogP contribution in [0, 0.1) is 11.8 Å². The van der Waals surface area contributed by atoms with Crippen LogP contribution in [-0.4, -0.2) is 42.4 Å². The van der Waals surface area contributed by atoms with E-state index in [1.807, 2.05) is 20.8 Å². The second-order valence-electron chi connectivity index (χ2n) is 6.01. The SMILES string of the molecule is CCOCC(NC(=O)NC1CCC(C(=O)O)CC1)C(C)C. The van der Waals surface area contributed by atoms with Gasteiger partial charge in [0.25, 0.3) is 0 Å². The standard InChI is InChI=1S/C15H28N2O4/c1-4-21-9-13(10(2)3)17-15(20)16-12-7-5-11(6-8-12)14(18)19/h10-13H,4-9H2,1-3H3,(H,18,19)(H2,16,17,20). The van der Waals surface area contributed by atoms with Crippen LogP contribution in [0.25, 0.3) is 0 Å². The van der Waals surface area contributed by atoms with Gasteiger partial charge < -0.3 is 20.5 Å². The first-order chi connectivity index (χ1) is 9.93. The number of amides is 2. The van der Waals surface area contributed by atoms with Gasteiger partial charge in [0.1, 0.15) is 0 Å². The number of hydrogen-bond donors (Lipinski definition) is 3. The topological polar surface area (TPSA) is 87.7 Å². The molecule has 1 unspecified atom stereocenters. The number of rotatable bonds is 7. The fraction of sp³-hybridized carbons (Fsp3) is 0.867. The molecule has 6 heteroatoms. The van der Waals surface area contributed by atoms with Gasteiger partial charge in [-0.05, 0) is 38.5 Å². The molecule has 2 amide bonds. The monoisotopic (exact) mass is 300 g/mol. The first-order valence-corrected chi connectivity index (χ1v) is 7.81. The van der Waals surface area contributed by atoms with Crippen LogP contribution in [0.3, 0.4) is 0 Å². The molecule has 0 heterocycles. The molecule has 0 aromatic heterocycles. The van der Waals surface area contributed by atoms with Crippen LogP contribution in [0.5, 0.6) is 0 Å². The van der Waals surface area contributed by atoms with Gasteiger partial charge in [-0.15, -0.1) is 0 Å². The minimum atomic E-state index is -0.727. The molecule has 0 radical (unpaired) electrons. The molecule has 1 rings (SSSR count). The zero-order valence-corrected chi connectivity index (χ0v) is 13.2. The second kappa shape index (κ2) is 8.87. The molecule has 0 aliphatic heterocycles. The Labute approximate surface area is 126 Å². The first-order valence-electron chi connectivity index (χ1n) is 7.81. The molecule has 0 aromatic rings. The second-order valence-corrected chi connectivity index (χ2v) is 6.01. The zero-order valence-electron chi connectivity index (χ0n) is 13.2. The van der Waals surface area contributed by atoms with Crippen LogP contribution in [-0.2, 0) is 9.53 Å². The minimum absolute atomic E-state index is 0.0136. The van der Waals surface area contributed by atoms with Crippen molar-refractivity contribution in [2.45, 2.75) is 58.5 Å². The van der Waals surface area contributed by atoms with Crippen molar-refractivity contribution in [3.8, 4) is 0 Å². The highest BCUT2D eigenvalue weighted by Gasteiger charge is 2.27. The van der Waals surface area contributed by atoms with Gasteiger partial charge in [0.15, 0.2) is 0 Å². The lowest BCUT2D eigenvalue weighted by Gasteiger charge is -2.28. The Morgan fingerprint density at radius 1 is 1.24 bits per heavy atom. The Balaban J connectivity index is 2.34. The Bertz CT molecular complexity index is 339. The summed E-state index contributed by atoms with van der Waals surface area (Å²) in [4.78, 5) is 22.9. The van der Waals surface area contributed by atoms with Crippen molar-refractivity contribution in [1.82, 2.24) is 10.6 Å². The maximum absolute atomic E-state index is 12.0. The number of aliphatic carboxylic acids is 1.